The van der Waals surface area contributed by atoms with Gasteiger partial charge in [0.05, 0.1) is 6.04 Å². The molecule has 0 aliphatic carbocycles. The van der Waals surface area contributed by atoms with Crippen LogP contribution in [0.3, 0.4) is 0 Å². The Balaban J connectivity index is 3.73. The number of amides is 1. The number of primary amides is 1. The number of hydrogen-bond donors (Lipinski definition) is 3. The van der Waals surface area contributed by atoms with Crippen molar-refractivity contribution in [1.82, 2.24) is 5.32 Å². The number of rotatable bonds is 9. The van der Waals surface area contributed by atoms with Crippen molar-refractivity contribution in [3.05, 3.63) is 0 Å². The summed E-state index contributed by atoms with van der Waals surface area (Å²) < 4.78 is 0. The zero-order valence-corrected chi connectivity index (χ0v) is 9.29. The molecule has 0 aromatic carbocycles. The smallest absolute Gasteiger partial charge is 0.217 e. The molecule has 0 heterocycles. The molecule has 1 atom stereocenters. The van der Waals surface area contributed by atoms with Gasteiger partial charge in [0.1, 0.15) is 5.78 Å². The van der Waals surface area contributed by atoms with Gasteiger partial charge in [0.2, 0.25) is 5.91 Å². The Morgan fingerprint density at radius 3 is 2.47 bits per heavy atom. The summed E-state index contributed by atoms with van der Waals surface area (Å²) in [5, 5.41) is 3.11. The second-order valence-electron chi connectivity index (χ2n) is 3.62. The van der Waals surface area contributed by atoms with E-state index in [9.17, 15) is 9.59 Å². The second-order valence-corrected chi connectivity index (χ2v) is 3.62. The third-order valence-corrected chi connectivity index (χ3v) is 2.18. The summed E-state index contributed by atoms with van der Waals surface area (Å²) >= 11 is 0. The van der Waals surface area contributed by atoms with E-state index in [1.165, 1.54) is 0 Å². The lowest BCUT2D eigenvalue weighted by Gasteiger charge is -2.14. The van der Waals surface area contributed by atoms with Crippen LogP contribution in [0.4, 0.5) is 0 Å². The predicted molar refractivity (Wildman–Crippen MR) is 59.2 cm³/mol. The zero-order valence-electron chi connectivity index (χ0n) is 9.29. The van der Waals surface area contributed by atoms with E-state index in [1.54, 1.807) is 6.92 Å². The van der Waals surface area contributed by atoms with Crippen molar-refractivity contribution in [2.45, 2.75) is 38.6 Å². The lowest BCUT2D eigenvalue weighted by molar-refractivity contribution is -0.120. The van der Waals surface area contributed by atoms with Gasteiger partial charge < -0.3 is 16.8 Å². The topological polar surface area (TPSA) is 98.2 Å². The van der Waals surface area contributed by atoms with Gasteiger partial charge in [-0.25, -0.2) is 0 Å². The van der Waals surface area contributed by atoms with Crippen molar-refractivity contribution in [3.63, 3.8) is 0 Å². The van der Waals surface area contributed by atoms with Crippen molar-refractivity contribution in [2.24, 2.45) is 11.5 Å². The van der Waals surface area contributed by atoms with Crippen LogP contribution in [-0.4, -0.2) is 30.8 Å². The minimum absolute atomic E-state index is 0.0940. The largest absolute Gasteiger partial charge is 0.370 e. The Kier molecular flexibility index (Phi) is 7.85. The van der Waals surface area contributed by atoms with Crippen LogP contribution >= 0.6 is 0 Å². The summed E-state index contributed by atoms with van der Waals surface area (Å²) in [4.78, 5) is 21.7. The molecule has 1 amide bonds. The van der Waals surface area contributed by atoms with Crippen molar-refractivity contribution in [1.29, 1.82) is 0 Å². The van der Waals surface area contributed by atoms with E-state index in [1.807, 2.05) is 0 Å². The summed E-state index contributed by atoms with van der Waals surface area (Å²) in [5.41, 5.74) is 10.4. The Morgan fingerprint density at radius 2 is 2.00 bits per heavy atom. The number of ketones is 1. The molecule has 0 aromatic heterocycles. The molecule has 0 spiro atoms. The Morgan fingerprint density at radius 1 is 1.33 bits per heavy atom. The van der Waals surface area contributed by atoms with E-state index >= 15 is 0 Å². The van der Waals surface area contributed by atoms with Crippen molar-refractivity contribution in [2.75, 3.05) is 13.1 Å². The number of nitrogens with one attached hydrogen (secondary N) is 1. The summed E-state index contributed by atoms with van der Waals surface area (Å²) in [6.45, 7) is 2.89. The van der Waals surface area contributed by atoms with E-state index in [-0.39, 0.29) is 17.7 Å². The Bertz CT molecular complexity index is 207. The fourth-order valence-corrected chi connectivity index (χ4v) is 1.31. The van der Waals surface area contributed by atoms with Crippen molar-refractivity contribution < 1.29 is 9.59 Å². The van der Waals surface area contributed by atoms with Crippen LogP contribution in [0, 0.1) is 0 Å². The van der Waals surface area contributed by atoms with Crippen LogP contribution in [0.25, 0.3) is 0 Å². The van der Waals surface area contributed by atoms with Crippen molar-refractivity contribution >= 4 is 11.7 Å². The first kappa shape index (κ1) is 14.1. The van der Waals surface area contributed by atoms with Crippen LogP contribution in [-0.2, 0) is 9.59 Å². The number of hydrogen-bond acceptors (Lipinski definition) is 4. The second kappa shape index (κ2) is 8.38. The molecule has 0 saturated carbocycles. The molecule has 0 saturated heterocycles. The van der Waals surface area contributed by atoms with Gasteiger partial charge in [-0.15, -0.1) is 0 Å². The molecule has 0 aromatic rings. The third-order valence-electron chi connectivity index (χ3n) is 2.18. The molecule has 15 heavy (non-hydrogen) atoms. The number of carbonyl (C=O) groups excluding carboxylic acids is 2. The third kappa shape index (κ3) is 8.08. The fourth-order valence-electron chi connectivity index (χ4n) is 1.31. The lowest BCUT2D eigenvalue weighted by Crippen LogP contribution is -2.36. The molecule has 5 heteroatoms. The summed E-state index contributed by atoms with van der Waals surface area (Å²) in [5.74, 6) is -0.226. The number of Topliss-reactive ketones (excluding diaryl/α,β-unsaturated/α-hetero) is 1. The molecule has 0 bridgehead atoms. The molecular formula is C10H21N3O2. The average molecular weight is 215 g/mol. The number of nitrogens with two attached hydrogens (primary N) is 2. The van der Waals surface area contributed by atoms with Crippen LogP contribution < -0.4 is 16.8 Å². The van der Waals surface area contributed by atoms with E-state index < -0.39 is 0 Å². The highest BCUT2D eigenvalue weighted by molar-refractivity contribution is 5.81. The SMILES string of the molecule is CC(=O)C(CCCC(N)=O)NCCCN. The van der Waals surface area contributed by atoms with Gasteiger partial charge in [0.25, 0.3) is 0 Å². The standard InChI is InChI=1S/C10H21N3O2/c1-8(14)9(13-7-3-6-11)4-2-5-10(12)15/h9,13H,2-7,11H2,1H3,(H2,12,15). The minimum atomic E-state index is -0.320. The summed E-state index contributed by atoms with van der Waals surface area (Å²) in [6, 6.07) is -0.170. The molecule has 5 nitrogen and oxygen atoms in total. The highest BCUT2D eigenvalue weighted by Gasteiger charge is 2.12. The summed E-state index contributed by atoms with van der Waals surface area (Å²) in [6.07, 6.45) is 2.49. The molecule has 0 aliphatic heterocycles. The highest BCUT2D eigenvalue weighted by Crippen LogP contribution is 2.01. The first-order valence-electron chi connectivity index (χ1n) is 5.30. The van der Waals surface area contributed by atoms with E-state index in [2.05, 4.69) is 5.32 Å². The molecule has 88 valence electrons. The van der Waals surface area contributed by atoms with E-state index in [0.29, 0.717) is 25.8 Å². The normalized spacial score (nSPS) is 12.4. The van der Waals surface area contributed by atoms with Gasteiger partial charge in [0.15, 0.2) is 0 Å². The van der Waals surface area contributed by atoms with E-state index in [0.717, 1.165) is 13.0 Å². The first-order chi connectivity index (χ1) is 7.07. The van der Waals surface area contributed by atoms with Gasteiger partial charge in [0, 0.05) is 6.42 Å². The predicted octanol–water partition coefficient (Wildman–Crippen LogP) is -0.462. The molecule has 0 radical (unpaired) electrons. The highest BCUT2D eigenvalue weighted by atomic mass is 16.1. The van der Waals surface area contributed by atoms with Gasteiger partial charge in [-0.2, -0.15) is 0 Å². The quantitative estimate of drug-likeness (QED) is 0.453. The molecule has 0 fully saturated rings. The molecule has 0 aliphatic rings. The number of carbonyl (C=O) groups is 2. The molecule has 1 unspecified atom stereocenters. The average Bonchev–Trinajstić information content (AvgIpc) is 2.15. The Labute approximate surface area is 90.6 Å². The Hall–Kier alpha value is -0.940. The molecular weight excluding hydrogens is 194 g/mol. The van der Waals surface area contributed by atoms with Gasteiger partial charge in [-0.3, -0.25) is 9.59 Å². The first-order valence-corrected chi connectivity index (χ1v) is 5.30. The molecule has 0 rings (SSSR count). The van der Waals surface area contributed by atoms with Gasteiger partial charge in [-0.05, 0) is 39.3 Å². The molecule has 5 N–H and O–H groups in total. The fraction of sp³-hybridized carbons (Fsp3) is 0.800. The van der Waals surface area contributed by atoms with Crippen LogP contribution in [0.15, 0.2) is 0 Å². The lowest BCUT2D eigenvalue weighted by atomic mass is 10.1. The maximum atomic E-state index is 11.2. The van der Waals surface area contributed by atoms with E-state index in [4.69, 9.17) is 11.5 Å². The van der Waals surface area contributed by atoms with Crippen LogP contribution in [0.2, 0.25) is 0 Å². The van der Waals surface area contributed by atoms with Crippen molar-refractivity contribution in [3.8, 4) is 0 Å². The maximum Gasteiger partial charge on any atom is 0.217 e. The van der Waals surface area contributed by atoms with Gasteiger partial charge in [-0.1, -0.05) is 0 Å². The zero-order chi connectivity index (χ0) is 11.7. The minimum Gasteiger partial charge on any atom is -0.370 e. The monoisotopic (exact) mass is 215 g/mol. The van der Waals surface area contributed by atoms with Gasteiger partial charge >= 0.3 is 0 Å². The maximum absolute atomic E-state index is 11.2. The van der Waals surface area contributed by atoms with Crippen LogP contribution in [0.5, 0.6) is 0 Å². The van der Waals surface area contributed by atoms with Crippen LogP contribution in [0.1, 0.15) is 32.6 Å². The summed E-state index contributed by atoms with van der Waals surface area (Å²) in [7, 11) is 0.